The quantitative estimate of drug-likeness (QED) is 0.588. The van der Waals surface area contributed by atoms with Gasteiger partial charge in [-0.3, -0.25) is 9.59 Å². The van der Waals surface area contributed by atoms with Crippen LogP contribution in [0.1, 0.15) is 49.1 Å². The Balaban J connectivity index is 1.25. The Morgan fingerprint density at radius 3 is 2.31 bits per heavy atom. The maximum atomic E-state index is 13.3. The topological polar surface area (TPSA) is 116 Å². The van der Waals surface area contributed by atoms with Gasteiger partial charge in [0.25, 0.3) is 0 Å². The number of amides is 2. The Hall–Kier alpha value is -3.39. The summed E-state index contributed by atoms with van der Waals surface area (Å²) in [7, 11) is 0. The van der Waals surface area contributed by atoms with Crippen LogP contribution in [0.3, 0.4) is 0 Å². The molecule has 3 N–H and O–H groups in total. The highest BCUT2D eigenvalue weighted by Gasteiger charge is 2.43. The monoisotopic (exact) mass is 478 g/mol. The molecule has 0 bridgehead atoms. The van der Waals surface area contributed by atoms with Gasteiger partial charge in [0, 0.05) is 18.5 Å². The number of hydrogen-bond donors (Lipinski definition) is 3. The third-order valence-corrected chi connectivity index (χ3v) is 7.65. The van der Waals surface area contributed by atoms with Crippen LogP contribution in [0.4, 0.5) is 4.79 Å². The average Bonchev–Trinajstić information content (AvgIpc) is 3.40. The summed E-state index contributed by atoms with van der Waals surface area (Å²) in [6, 6.07) is 14.8. The molecule has 1 saturated heterocycles. The Kier molecular flexibility index (Phi) is 6.47. The second-order valence-electron chi connectivity index (χ2n) is 9.73. The van der Waals surface area contributed by atoms with Crippen LogP contribution in [-0.4, -0.2) is 64.4 Å². The van der Waals surface area contributed by atoms with Crippen molar-refractivity contribution in [1.29, 1.82) is 0 Å². The summed E-state index contributed by atoms with van der Waals surface area (Å²) in [5.74, 6) is -1.49. The van der Waals surface area contributed by atoms with E-state index >= 15 is 0 Å². The number of carboxylic acid groups (broad SMARTS) is 1. The first-order valence-electron chi connectivity index (χ1n) is 12.2. The van der Waals surface area contributed by atoms with E-state index in [0.717, 1.165) is 28.7 Å². The molecule has 2 unspecified atom stereocenters. The van der Waals surface area contributed by atoms with Crippen molar-refractivity contribution in [2.24, 2.45) is 5.92 Å². The fourth-order valence-electron chi connectivity index (χ4n) is 6.05. The van der Waals surface area contributed by atoms with Gasteiger partial charge in [-0.1, -0.05) is 48.5 Å². The average molecular weight is 479 g/mol. The molecule has 2 aliphatic carbocycles. The number of hydrogen-bond acceptors (Lipinski definition) is 5. The molecular weight excluding hydrogens is 448 g/mol. The molecule has 2 fully saturated rings. The first kappa shape index (κ1) is 23.4. The van der Waals surface area contributed by atoms with Crippen molar-refractivity contribution >= 4 is 18.0 Å². The van der Waals surface area contributed by atoms with Crippen molar-refractivity contribution in [3.63, 3.8) is 0 Å². The van der Waals surface area contributed by atoms with Crippen LogP contribution in [-0.2, 0) is 14.3 Å². The van der Waals surface area contributed by atoms with Crippen LogP contribution in [0, 0.1) is 5.92 Å². The standard InChI is InChI=1S/C27H30N2O6/c30-17-9-10-24-16(13-17)11-12-29(24)26(33)23(14-25(31)32)28-27(34)35-15-22-20-7-3-1-5-18(20)19-6-2-4-8-21(19)22/h1-8,16-17,22-24,30H,9-15H2,(H,28,34)(H,31,32)/t16-,17?,23?,24+/m0/s1. The lowest BCUT2D eigenvalue weighted by Crippen LogP contribution is -2.52. The number of alkyl carbamates (subject to hydrolysis) is 1. The molecule has 5 rings (SSSR count). The minimum atomic E-state index is -1.20. The highest BCUT2D eigenvalue weighted by atomic mass is 16.5. The van der Waals surface area contributed by atoms with Gasteiger partial charge >= 0.3 is 12.1 Å². The number of aliphatic hydroxyl groups is 1. The van der Waals surface area contributed by atoms with Gasteiger partial charge in [0.2, 0.25) is 5.91 Å². The van der Waals surface area contributed by atoms with E-state index in [2.05, 4.69) is 5.32 Å². The van der Waals surface area contributed by atoms with Crippen molar-refractivity contribution in [2.75, 3.05) is 13.2 Å². The third-order valence-electron chi connectivity index (χ3n) is 7.65. The van der Waals surface area contributed by atoms with Crippen LogP contribution in [0.2, 0.25) is 0 Å². The Morgan fingerprint density at radius 2 is 1.66 bits per heavy atom. The van der Waals surface area contributed by atoms with E-state index in [-0.39, 0.29) is 30.6 Å². The van der Waals surface area contributed by atoms with E-state index in [4.69, 9.17) is 4.74 Å². The normalized spacial score (nSPS) is 23.7. The largest absolute Gasteiger partial charge is 0.481 e. The number of nitrogens with zero attached hydrogens (tertiary/aromatic N) is 1. The molecule has 4 atom stereocenters. The van der Waals surface area contributed by atoms with E-state index in [1.165, 1.54) is 0 Å². The van der Waals surface area contributed by atoms with Gasteiger partial charge in [0.1, 0.15) is 12.6 Å². The molecule has 35 heavy (non-hydrogen) atoms. The number of ether oxygens (including phenoxy) is 1. The lowest BCUT2D eigenvalue weighted by atomic mass is 9.83. The molecule has 0 spiro atoms. The van der Waals surface area contributed by atoms with Crippen molar-refractivity contribution in [1.82, 2.24) is 10.2 Å². The van der Waals surface area contributed by atoms with E-state index in [1.54, 1.807) is 4.90 Å². The molecule has 2 amide bonds. The zero-order chi connectivity index (χ0) is 24.5. The number of rotatable bonds is 6. The van der Waals surface area contributed by atoms with Crippen molar-refractivity contribution in [3.05, 3.63) is 59.7 Å². The summed E-state index contributed by atoms with van der Waals surface area (Å²) in [6.45, 7) is 0.587. The van der Waals surface area contributed by atoms with E-state index in [1.807, 2.05) is 48.5 Å². The fraction of sp³-hybridized carbons (Fsp3) is 0.444. The Bertz CT molecular complexity index is 1090. The Morgan fingerprint density at radius 1 is 1.00 bits per heavy atom. The van der Waals surface area contributed by atoms with Gasteiger partial charge in [-0.2, -0.15) is 0 Å². The molecule has 8 nitrogen and oxygen atoms in total. The molecule has 0 radical (unpaired) electrons. The summed E-state index contributed by atoms with van der Waals surface area (Å²) in [6.07, 6.45) is 1.06. The van der Waals surface area contributed by atoms with Crippen molar-refractivity contribution in [2.45, 2.75) is 56.2 Å². The minimum absolute atomic E-state index is 0.0218. The second kappa shape index (κ2) is 9.70. The molecule has 0 aromatic heterocycles. The zero-order valence-corrected chi connectivity index (χ0v) is 19.4. The summed E-state index contributed by atoms with van der Waals surface area (Å²) in [5.41, 5.74) is 4.36. The van der Waals surface area contributed by atoms with Crippen LogP contribution in [0.15, 0.2) is 48.5 Å². The highest BCUT2D eigenvalue weighted by molar-refractivity contribution is 5.89. The predicted molar refractivity (Wildman–Crippen MR) is 128 cm³/mol. The lowest BCUT2D eigenvalue weighted by Gasteiger charge is -2.35. The maximum Gasteiger partial charge on any atom is 0.407 e. The number of carboxylic acids is 1. The SMILES string of the molecule is O=C(O)CC(NC(=O)OCC1c2ccccc2-c2ccccc21)C(=O)N1CC[C@H]2CC(O)CC[C@H]21. The molecule has 2 aromatic rings. The summed E-state index contributed by atoms with van der Waals surface area (Å²) in [5, 5.41) is 21.8. The predicted octanol–water partition coefficient (Wildman–Crippen LogP) is 3.13. The molecule has 8 heteroatoms. The summed E-state index contributed by atoms with van der Waals surface area (Å²) < 4.78 is 5.54. The maximum absolute atomic E-state index is 13.3. The van der Waals surface area contributed by atoms with Gasteiger partial charge < -0.3 is 25.2 Å². The molecule has 3 aliphatic rings. The minimum Gasteiger partial charge on any atom is -0.481 e. The van der Waals surface area contributed by atoms with Crippen LogP contribution < -0.4 is 5.32 Å². The third kappa shape index (κ3) is 4.62. The van der Waals surface area contributed by atoms with Gasteiger partial charge in [0.15, 0.2) is 0 Å². The van der Waals surface area contributed by atoms with Crippen LogP contribution in [0.5, 0.6) is 0 Å². The molecule has 1 heterocycles. The number of carbonyl (C=O) groups excluding carboxylic acids is 2. The number of nitrogens with one attached hydrogen (secondary N) is 1. The molecule has 1 aliphatic heterocycles. The zero-order valence-electron chi connectivity index (χ0n) is 19.4. The van der Waals surface area contributed by atoms with E-state index < -0.39 is 30.4 Å². The number of carbonyl (C=O) groups is 3. The van der Waals surface area contributed by atoms with Gasteiger partial charge in [-0.15, -0.1) is 0 Å². The highest BCUT2D eigenvalue weighted by Crippen LogP contribution is 2.44. The van der Waals surface area contributed by atoms with Crippen LogP contribution in [0.25, 0.3) is 11.1 Å². The second-order valence-corrected chi connectivity index (χ2v) is 9.73. The smallest absolute Gasteiger partial charge is 0.407 e. The molecule has 1 saturated carbocycles. The lowest BCUT2D eigenvalue weighted by molar-refractivity contribution is -0.143. The number of likely N-dealkylation sites (tertiary alicyclic amines) is 1. The number of aliphatic hydroxyl groups excluding tert-OH is 1. The first-order chi connectivity index (χ1) is 16.9. The fourth-order valence-corrected chi connectivity index (χ4v) is 6.05. The summed E-state index contributed by atoms with van der Waals surface area (Å²) in [4.78, 5) is 39.2. The van der Waals surface area contributed by atoms with E-state index in [9.17, 15) is 24.6 Å². The van der Waals surface area contributed by atoms with Gasteiger partial charge in [0.05, 0.1) is 12.5 Å². The number of benzene rings is 2. The Labute approximate surface area is 203 Å². The number of fused-ring (bicyclic) bond motifs is 4. The molecular formula is C27H30N2O6. The van der Waals surface area contributed by atoms with Gasteiger partial charge in [-0.25, -0.2) is 4.79 Å². The number of aliphatic carboxylic acids is 1. The van der Waals surface area contributed by atoms with Crippen molar-refractivity contribution < 1.29 is 29.3 Å². The molecule has 2 aromatic carbocycles. The van der Waals surface area contributed by atoms with Crippen LogP contribution >= 0.6 is 0 Å². The molecule has 184 valence electrons. The van der Waals surface area contributed by atoms with Gasteiger partial charge in [-0.05, 0) is 53.9 Å². The summed E-state index contributed by atoms with van der Waals surface area (Å²) >= 11 is 0. The van der Waals surface area contributed by atoms with Crippen molar-refractivity contribution in [3.8, 4) is 11.1 Å². The first-order valence-corrected chi connectivity index (χ1v) is 12.2. The van der Waals surface area contributed by atoms with E-state index in [0.29, 0.717) is 25.8 Å².